The van der Waals surface area contributed by atoms with E-state index in [0.29, 0.717) is 0 Å². The van der Waals surface area contributed by atoms with E-state index in [9.17, 15) is 35.7 Å². The molecule has 0 amide bonds. The molecule has 188 valence electrons. The zero-order chi connectivity index (χ0) is 23.9. The highest BCUT2D eigenvalue weighted by molar-refractivity contribution is 4.95. The van der Waals surface area contributed by atoms with Crippen LogP contribution in [0.2, 0.25) is 0 Å². The Morgan fingerprint density at radius 2 is 0.844 bits per heavy atom. The van der Waals surface area contributed by atoms with E-state index in [4.69, 9.17) is 28.4 Å². The van der Waals surface area contributed by atoms with E-state index >= 15 is 0 Å². The van der Waals surface area contributed by atoms with Gasteiger partial charge in [0.25, 0.3) is 0 Å². The summed E-state index contributed by atoms with van der Waals surface area (Å²) in [7, 11) is 1.32. The molecule has 3 aliphatic heterocycles. The van der Waals surface area contributed by atoms with Crippen molar-refractivity contribution in [2.45, 2.75) is 113 Å². The zero-order valence-electron chi connectivity index (χ0n) is 18.2. The maximum Gasteiger partial charge on any atom is 0.187 e. The second-order valence-electron chi connectivity index (χ2n) is 8.50. The van der Waals surface area contributed by atoms with Crippen molar-refractivity contribution in [1.29, 1.82) is 0 Å². The normalized spacial score (nSPS) is 55.0. The highest BCUT2D eigenvalue weighted by atomic mass is 16.8. The van der Waals surface area contributed by atoms with Crippen molar-refractivity contribution in [1.82, 2.24) is 0 Å². The van der Waals surface area contributed by atoms with Gasteiger partial charge in [0.2, 0.25) is 0 Å². The number of hydrogen-bond donors (Lipinski definition) is 7. The van der Waals surface area contributed by atoms with Crippen LogP contribution in [0.5, 0.6) is 0 Å². The van der Waals surface area contributed by atoms with Crippen molar-refractivity contribution in [3.8, 4) is 0 Å². The molecule has 3 saturated heterocycles. The van der Waals surface area contributed by atoms with Crippen molar-refractivity contribution < 1.29 is 64.2 Å². The van der Waals surface area contributed by atoms with Crippen LogP contribution in [-0.4, -0.2) is 135 Å². The number of ether oxygens (including phenoxy) is 6. The van der Waals surface area contributed by atoms with Gasteiger partial charge in [-0.25, -0.2) is 0 Å². The summed E-state index contributed by atoms with van der Waals surface area (Å²) in [6.45, 7) is 4.51. The predicted molar refractivity (Wildman–Crippen MR) is 102 cm³/mol. The van der Waals surface area contributed by atoms with Crippen molar-refractivity contribution in [2.75, 3.05) is 7.11 Å². The van der Waals surface area contributed by atoms with E-state index in [0.717, 1.165) is 0 Å². The van der Waals surface area contributed by atoms with E-state index < -0.39 is 92.1 Å². The molecule has 0 aromatic carbocycles. The Kier molecular flexibility index (Phi) is 8.48. The highest BCUT2D eigenvalue weighted by Crippen LogP contribution is 2.33. The third kappa shape index (κ3) is 4.95. The van der Waals surface area contributed by atoms with Crippen LogP contribution in [0.15, 0.2) is 0 Å². The van der Waals surface area contributed by atoms with E-state index in [1.54, 1.807) is 6.92 Å². The third-order valence-corrected chi connectivity index (χ3v) is 6.19. The van der Waals surface area contributed by atoms with Gasteiger partial charge in [0.1, 0.15) is 54.9 Å². The molecule has 0 radical (unpaired) electrons. The first kappa shape index (κ1) is 26.1. The molecule has 3 rings (SSSR count). The summed E-state index contributed by atoms with van der Waals surface area (Å²) in [4.78, 5) is 0. The quantitative estimate of drug-likeness (QED) is 0.206. The Morgan fingerprint density at radius 1 is 0.469 bits per heavy atom. The smallest absolute Gasteiger partial charge is 0.187 e. The van der Waals surface area contributed by atoms with Crippen molar-refractivity contribution in [3.63, 3.8) is 0 Å². The predicted octanol–water partition coefficient (Wildman–Crippen LogP) is -3.84. The lowest BCUT2D eigenvalue weighted by molar-refractivity contribution is -0.385. The maximum absolute atomic E-state index is 10.7. The van der Waals surface area contributed by atoms with E-state index in [-0.39, 0.29) is 0 Å². The fraction of sp³-hybridized carbons (Fsp3) is 1.00. The zero-order valence-corrected chi connectivity index (χ0v) is 18.2. The van der Waals surface area contributed by atoms with Crippen LogP contribution in [0.4, 0.5) is 0 Å². The molecule has 3 heterocycles. The minimum atomic E-state index is -1.64. The molecular weight excluding hydrogens is 436 g/mol. The first-order chi connectivity index (χ1) is 15.0. The SMILES string of the molecule is CO[C@@H]1O[C@@H](C)[C@H](O)[C@@H](O[C@@H]2O[C@@H](C)[C@H](O)[C@@H](O)[C@H]2O)[C@H]1O[C@@H]1O[C@@H](C)[C@H](O)[C@@H](O)[C@H]1O. The molecule has 13 heteroatoms. The number of methoxy groups -OCH3 is 1. The second kappa shape index (κ2) is 10.4. The standard InChI is InChI=1S/C19H34O13/c1-5-8(20)11(23)13(25)17(28-5)31-15-10(22)7(3)30-19(27-4)16(15)32-18-14(26)12(24)9(21)6(2)29-18/h5-26H,1-4H3/t5-,6-,7-,8-,9-,10-,11+,12+,13+,14+,15+,16+,17-,18-,19+/m0/s1. The minimum absolute atomic E-state index is 0.804. The average Bonchev–Trinajstić information content (AvgIpc) is 2.76. The van der Waals surface area contributed by atoms with Crippen LogP contribution in [0.25, 0.3) is 0 Å². The molecule has 3 fully saturated rings. The lowest BCUT2D eigenvalue weighted by atomic mass is 9.96. The van der Waals surface area contributed by atoms with E-state index in [1.807, 2.05) is 0 Å². The van der Waals surface area contributed by atoms with Gasteiger partial charge in [0, 0.05) is 7.11 Å². The number of hydrogen-bond acceptors (Lipinski definition) is 13. The monoisotopic (exact) mass is 470 g/mol. The first-order valence-electron chi connectivity index (χ1n) is 10.5. The lowest BCUT2D eigenvalue weighted by Crippen LogP contribution is -2.65. The topological polar surface area (TPSA) is 197 Å². The van der Waals surface area contributed by atoms with Crippen LogP contribution in [0.1, 0.15) is 20.8 Å². The minimum Gasteiger partial charge on any atom is -0.388 e. The van der Waals surface area contributed by atoms with Gasteiger partial charge >= 0.3 is 0 Å². The van der Waals surface area contributed by atoms with Crippen molar-refractivity contribution >= 4 is 0 Å². The molecule has 0 bridgehead atoms. The van der Waals surface area contributed by atoms with Gasteiger partial charge in [0.15, 0.2) is 18.9 Å². The summed E-state index contributed by atoms with van der Waals surface area (Å²) in [5.41, 5.74) is 0. The van der Waals surface area contributed by atoms with Gasteiger partial charge in [-0.2, -0.15) is 0 Å². The maximum atomic E-state index is 10.7. The van der Waals surface area contributed by atoms with Gasteiger partial charge in [-0.05, 0) is 20.8 Å². The summed E-state index contributed by atoms with van der Waals surface area (Å²) < 4.78 is 33.4. The molecule has 0 aromatic heterocycles. The molecule has 0 aromatic rings. The van der Waals surface area contributed by atoms with Gasteiger partial charge in [-0.1, -0.05) is 0 Å². The van der Waals surface area contributed by atoms with Crippen LogP contribution in [-0.2, 0) is 28.4 Å². The number of aliphatic hydroxyl groups is 7. The largest absolute Gasteiger partial charge is 0.388 e. The lowest BCUT2D eigenvalue weighted by Gasteiger charge is -2.48. The molecule has 7 N–H and O–H groups in total. The number of rotatable bonds is 5. The molecular formula is C19H34O13. The molecule has 32 heavy (non-hydrogen) atoms. The average molecular weight is 470 g/mol. The summed E-state index contributed by atoms with van der Waals surface area (Å²) >= 11 is 0. The molecule has 0 aliphatic carbocycles. The molecule has 3 aliphatic rings. The molecule has 15 atom stereocenters. The van der Waals surface area contributed by atoms with Gasteiger partial charge in [-0.3, -0.25) is 0 Å². The summed E-state index contributed by atoms with van der Waals surface area (Å²) in [6.07, 6.45) is -19.5. The van der Waals surface area contributed by atoms with Crippen LogP contribution < -0.4 is 0 Å². The summed E-state index contributed by atoms with van der Waals surface area (Å²) in [5.74, 6) is 0. The molecule has 0 unspecified atom stereocenters. The summed E-state index contributed by atoms with van der Waals surface area (Å²) in [6, 6.07) is 0. The fourth-order valence-electron chi connectivity index (χ4n) is 4.04. The Balaban J connectivity index is 1.82. The molecule has 13 nitrogen and oxygen atoms in total. The Labute approximate surface area is 185 Å². The molecule has 0 saturated carbocycles. The second-order valence-corrected chi connectivity index (χ2v) is 8.50. The van der Waals surface area contributed by atoms with E-state index in [2.05, 4.69) is 0 Å². The molecule has 0 spiro atoms. The first-order valence-corrected chi connectivity index (χ1v) is 10.5. The fourth-order valence-corrected chi connectivity index (χ4v) is 4.04. The van der Waals surface area contributed by atoms with Gasteiger partial charge in [0.05, 0.1) is 18.3 Å². The Hall–Kier alpha value is -0.520. The highest BCUT2D eigenvalue weighted by Gasteiger charge is 2.53. The van der Waals surface area contributed by atoms with Gasteiger partial charge in [-0.15, -0.1) is 0 Å². The van der Waals surface area contributed by atoms with Gasteiger partial charge < -0.3 is 64.2 Å². The van der Waals surface area contributed by atoms with Crippen molar-refractivity contribution in [2.24, 2.45) is 0 Å². The van der Waals surface area contributed by atoms with Crippen LogP contribution >= 0.6 is 0 Å². The Morgan fingerprint density at radius 3 is 1.28 bits per heavy atom. The third-order valence-electron chi connectivity index (χ3n) is 6.19. The van der Waals surface area contributed by atoms with Crippen LogP contribution in [0.3, 0.4) is 0 Å². The van der Waals surface area contributed by atoms with Crippen molar-refractivity contribution in [3.05, 3.63) is 0 Å². The Bertz CT molecular complexity index is 574. The summed E-state index contributed by atoms with van der Waals surface area (Å²) in [5, 5.41) is 71.3. The number of aliphatic hydroxyl groups excluding tert-OH is 7. The van der Waals surface area contributed by atoms with E-state index in [1.165, 1.54) is 21.0 Å². The van der Waals surface area contributed by atoms with Crippen LogP contribution in [0, 0.1) is 0 Å².